The number of hydrogen-bond acceptors (Lipinski definition) is 7. The molecule has 48 heavy (non-hydrogen) atoms. The number of carbonyl (C=O) groups excluding carboxylic acids is 1. The number of nitrogens with one attached hydrogen (secondary N) is 1. The Hall–Kier alpha value is -3.95. The second kappa shape index (κ2) is 12.5. The van der Waals surface area contributed by atoms with Crippen molar-refractivity contribution in [2.75, 3.05) is 7.05 Å². The molecular formula is C34H34BF2N2O8S-. The van der Waals surface area contributed by atoms with Crippen molar-refractivity contribution in [3.63, 3.8) is 0 Å². The van der Waals surface area contributed by atoms with Crippen molar-refractivity contribution in [1.29, 1.82) is 0 Å². The summed E-state index contributed by atoms with van der Waals surface area (Å²) in [5, 5.41) is 13.2. The fraction of sp³-hybridized carbons (Fsp3) is 0.353. The van der Waals surface area contributed by atoms with Crippen LogP contribution in [0.25, 0.3) is 22.3 Å². The number of carboxylic acids is 1. The molecule has 1 saturated carbocycles. The number of aromatic carboxylic acids is 1. The first-order valence-corrected chi connectivity index (χ1v) is 16.5. The molecule has 252 valence electrons. The highest BCUT2D eigenvalue weighted by Gasteiger charge is 2.52. The van der Waals surface area contributed by atoms with Gasteiger partial charge in [-0.05, 0) is 112 Å². The Kier molecular flexibility index (Phi) is 8.84. The average molecular weight is 680 g/mol. The lowest BCUT2D eigenvalue weighted by atomic mass is 9.75. The van der Waals surface area contributed by atoms with Crippen molar-refractivity contribution in [2.24, 2.45) is 0 Å². The Morgan fingerprint density at radius 2 is 1.65 bits per heavy atom. The SMILES string of the molecule is CNC(=O)c1c(-c2ccc(F)cc2)oc2cc(CN(Cc3cc(C(=O)O)c(B4OC(C)(C)C(C)(C)O4)cc3F)S(=O)[O-])c(C3CC3)cc12. The maximum atomic E-state index is 15.7. The van der Waals surface area contributed by atoms with Crippen LogP contribution >= 0.6 is 0 Å². The predicted molar refractivity (Wildman–Crippen MR) is 174 cm³/mol. The van der Waals surface area contributed by atoms with E-state index < -0.39 is 59.6 Å². The minimum atomic E-state index is -2.84. The first-order valence-electron chi connectivity index (χ1n) is 15.4. The third-order valence-corrected chi connectivity index (χ3v) is 10.1. The number of fused-ring (bicyclic) bond motifs is 1. The molecule has 1 aliphatic heterocycles. The quantitative estimate of drug-likeness (QED) is 0.168. The average Bonchev–Trinajstić information content (AvgIpc) is 3.75. The van der Waals surface area contributed by atoms with E-state index >= 15 is 4.39 Å². The Balaban J connectivity index is 1.37. The van der Waals surface area contributed by atoms with Gasteiger partial charge in [0, 0.05) is 47.9 Å². The minimum Gasteiger partial charge on any atom is -0.760 e. The normalized spacial score (nSPS) is 17.6. The Labute approximate surface area is 279 Å². The summed E-state index contributed by atoms with van der Waals surface area (Å²) in [5.74, 6) is -2.67. The molecular weight excluding hydrogens is 645 g/mol. The zero-order chi connectivity index (χ0) is 34.7. The van der Waals surface area contributed by atoms with Gasteiger partial charge >= 0.3 is 13.1 Å². The van der Waals surface area contributed by atoms with Gasteiger partial charge in [0.05, 0.1) is 22.3 Å². The predicted octanol–water partition coefficient (Wildman–Crippen LogP) is 5.41. The molecule has 2 heterocycles. The first-order chi connectivity index (χ1) is 22.6. The number of carboxylic acid groups (broad SMARTS) is 1. The van der Waals surface area contributed by atoms with Crippen LogP contribution in [0.4, 0.5) is 8.78 Å². The van der Waals surface area contributed by atoms with Gasteiger partial charge in [0.1, 0.15) is 23.0 Å². The minimum absolute atomic E-state index is 0.0136. The molecule has 3 aromatic carbocycles. The van der Waals surface area contributed by atoms with Gasteiger partial charge in [-0.15, -0.1) is 0 Å². The third-order valence-electron chi connectivity index (χ3n) is 9.39. The number of furan rings is 1. The number of halogens is 2. The van der Waals surface area contributed by atoms with Crippen LogP contribution in [-0.4, -0.2) is 55.4 Å². The molecule has 1 aromatic heterocycles. The monoisotopic (exact) mass is 679 g/mol. The summed E-state index contributed by atoms with van der Waals surface area (Å²) in [5.41, 5.74) is 0.440. The van der Waals surface area contributed by atoms with Crippen molar-refractivity contribution >= 4 is 46.7 Å². The van der Waals surface area contributed by atoms with Crippen LogP contribution in [0.2, 0.25) is 0 Å². The van der Waals surface area contributed by atoms with E-state index in [2.05, 4.69) is 5.32 Å². The summed E-state index contributed by atoms with van der Waals surface area (Å²) in [6.07, 6.45) is 1.71. The number of nitrogens with zero attached hydrogens (tertiary/aromatic N) is 1. The summed E-state index contributed by atoms with van der Waals surface area (Å²) in [4.78, 5) is 25.4. The number of benzene rings is 3. The van der Waals surface area contributed by atoms with E-state index in [1.165, 1.54) is 31.3 Å². The maximum Gasteiger partial charge on any atom is 0.495 e. The van der Waals surface area contributed by atoms with Crippen molar-refractivity contribution in [3.8, 4) is 11.3 Å². The Bertz CT molecular complexity index is 1940. The number of hydrogen-bond donors (Lipinski definition) is 2. The summed E-state index contributed by atoms with van der Waals surface area (Å²) >= 11 is -2.84. The molecule has 2 fully saturated rings. The van der Waals surface area contributed by atoms with Crippen molar-refractivity contribution in [3.05, 3.63) is 88.0 Å². The molecule has 1 saturated heterocycles. The van der Waals surface area contributed by atoms with Crippen LogP contribution in [0, 0.1) is 11.6 Å². The van der Waals surface area contributed by atoms with Gasteiger partial charge < -0.3 is 28.7 Å². The number of amides is 1. The van der Waals surface area contributed by atoms with Gasteiger partial charge in [0.15, 0.2) is 0 Å². The maximum absolute atomic E-state index is 15.7. The Morgan fingerprint density at radius 1 is 1.02 bits per heavy atom. The highest BCUT2D eigenvalue weighted by Crippen LogP contribution is 2.45. The van der Waals surface area contributed by atoms with Gasteiger partial charge in [-0.3, -0.25) is 9.00 Å². The molecule has 1 aliphatic carbocycles. The standard InChI is InChI=1S/C34H35BF2N2O8S/c1-33(2)34(3,4)47-35(46-33)26-15-27(37)21(12-24(26)32(41)42)17-39(48(43)44)16-20-13-28-25(14-23(20)18-6-7-18)29(31(40)38-5)30(45-28)19-8-10-22(36)11-9-19/h8-15,18H,6-7,16-17H2,1-5H3,(H,38,40)(H,41,42)(H,43,44)/p-1. The first kappa shape index (κ1) is 33.9. The summed E-state index contributed by atoms with van der Waals surface area (Å²) in [6, 6.07) is 11.1. The van der Waals surface area contributed by atoms with Crippen molar-refractivity contribution in [1.82, 2.24) is 9.62 Å². The number of rotatable bonds is 10. The van der Waals surface area contributed by atoms with E-state index in [0.29, 0.717) is 22.1 Å². The van der Waals surface area contributed by atoms with Crippen LogP contribution < -0.4 is 10.8 Å². The van der Waals surface area contributed by atoms with Crippen molar-refractivity contribution < 1.29 is 46.0 Å². The van der Waals surface area contributed by atoms with Gasteiger partial charge in [0.25, 0.3) is 5.91 Å². The third kappa shape index (κ3) is 6.30. The molecule has 0 radical (unpaired) electrons. The molecule has 2 N–H and O–H groups in total. The molecule has 1 amide bonds. The van der Waals surface area contributed by atoms with Crippen molar-refractivity contribution in [2.45, 2.75) is 70.7 Å². The van der Waals surface area contributed by atoms with E-state index in [9.17, 15) is 27.8 Å². The van der Waals surface area contributed by atoms with Crippen LogP contribution in [0.15, 0.2) is 52.9 Å². The van der Waals surface area contributed by atoms with E-state index in [-0.39, 0.29) is 40.4 Å². The number of carbonyl (C=O) groups is 2. The van der Waals surface area contributed by atoms with Gasteiger partial charge in [-0.25, -0.2) is 17.9 Å². The molecule has 0 spiro atoms. The lowest BCUT2D eigenvalue weighted by molar-refractivity contribution is 0.00578. The second-order valence-electron chi connectivity index (χ2n) is 13.2. The summed E-state index contributed by atoms with van der Waals surface area (Å²) in [7, 11) is 0.347. The lowest BCUT2D eigenvalue weighted by Gasteiger charge is -2.32. The van der Waals surface area contributed by atoms with Crippen LogP contribution in [0.1, 0.15) is 83.9 Å². The van der Waals surface area contributed by atoms with E-state index in [4.69, 9.17) is 13.7 Å². The molecule has 4 aromatic rings. The molecule has 6 rings (SSSR count). The van der Waals surface area contributed by atoms with Crippen LogP contribution in [-0.2, 0) is 33.7 Å². The fourth-order valence-corrected chi connectivity index (χ4v) is 6.40. The van der Waals surface area contributed by atoms with Crippen LogP contribution in [0.5, 0.6) is 0 Å². The van der Waals surface area contributed by atoms with E-state index in [0.717, 1.165) is 34.8 Å². The fourth-order valence-electron chi connectivity index (χ4n) is 5.91. The molecule has 2 aliphatic rings. The molecule has 1 unspecified atom stereocenters. The van der Waals surface area contributed by atoms with Crippen LogP contribution in [0.3, 0.4) is 0 Å². The topological polar surface area (TPSA) is 141 Å². The second-order valence-corrected chi connectivity index (χ2v) is 14.1. The zero-order valence-corrected chi connectivity index (χ0v) is 27.8. The molecule has 1 atom stereocenters. The highest BCUT2D eigenvalue weighted by atomic mass is 32.2. The highest BCUT2D eigenvalue weighted by molar-refractivity contribution is 7.76. The smallest absolute Gasteiger partial charge is 0.495 e. The summed E-state index contributed by atoms with van der Waals surface area (Å²) < 4.78 is 73.5. The van der Waals surface area contributed by atoms with Gasteiger partial charge in [0.2, 0.25) is 0 Å². The zero-order valence-electron chi connectivity index (χ0n) is 27.0. The Morgan fingerprint density at radius 3 is 2.21 bits per heavy atom. The van der Waals surface area contributed by atoms with E-state index in [1.54, 1.807) is 33.8 Å². The van der Waals surface area contributed by atoms with Gasteiger partial charge in [-0.2, -0.15) is 0 Å². The molecule has 0 bridgehead atoms. The van der Waals surface area contributed by atoms with E-state index in [1.807, 2.05) is 6.07 Å². The summed E-state index contributed by atoms with van der Waals surface area (Å²) in [6.45, 7) is 6.52. The van der Waals surface area contributed by atoms with Gasteiger partial charge in [-0.1, -0.05) is 0 Å². The largest absolute Gasteiger partial charge is 0.760 e. The molecule has 14 heteroatoms. The lowest BCUT2D eigenvalue weighted by Crippen LogP contribution is -2.41. The molecule has 10 nitrogen and oxygen atoms in total.